The second kappa shape index (κ2) is 9.11. The Balaban J connectivity index is 2.31. The van der Waals surface area contributed by atoms with E-state index in [1.54, 1.807) is 6.07 Å². The Morgan fingerprint density at radius 1 is 0.958 bits per heavy atom. The van der Waals surface area contributed by atoms with E-state index in [-0.39, 0.29) is 0 Å². The van der Waals surface area contributed by atoms with Crippen LogP contribution in [0.25, 0.3) is 11.1 Å². The van der Waals surface area contributed by atoms with Crippen molar-refractivity contribution in [3.05, 3.63) is 53.6 Å². The van der Waals surface area contributed by atoms with Crippen molar-refractivity contribution in [1.82, 2.24) is 0 Å². The van der Waals surface area contributed by atoms with E-state index >= 15 is 0 Å². The van der Waals surface area contributed by atoms with Crippen LogP contribution in [-0.2, 0) is 6.42 Å². The number of hydrogen-bond donors (Lipinski definition) is 1. The summed E-state index contributed by atoms with van der Waals surface area (Å²) in [5.41, 5.74) is 4.38. The normalized spacial score (nSPS) is 10.6. The van der Waals surface area contributed by atoms with Crippen molar-refractivity contribution in [2.24, 2.45) is 0 Å². The van der Waals surface area contributed by atoms with Crippen LogP contribution >= 0.6 is 0 Å². The first-order valence-electron chi connectivity index (χ1n) is 8.72. The molecule has 0 radical (unpaired) electrons. The lowest BCUT2D eigenvalue weighted by atomic mass is 9.92. The molecule has 0 saturated heterocycles. The predicted octanol–water partition coefficient (Wildman–Crippen LogP) is 6.23. The largest absolute Gasteiger partial charge is 0.511 e. The van der Waals surface area contributed by atoms with Gasteiger partial charge in [-0.1, -0.05) is 69.0 Å². The lowest BCUT2D eigenvalue weighted by Crippen LogP contribution is -2.06. The van der Waals surface area contributed by atoms with E-state index in [0.29, 0.717) is 5.75 Å². The zero-order chi connectivity index (χ0) is 17.4. The van der Waals surface area contributed by atoms with Crippen molar-refractivity contribution in [2.75, 3.05) is 0 Å². The number of rotatable bonds is 8. The summed E-state index contributed by atoms with van der Waals surface area (Å²) in [6, 6.07) is 13.8. The Hall–Kier alpha value is -2.29. The molecular formula is C21H26O3. The molecule has 3 nitrogen and oxygen atoms in total. The van der Waals surface area contributed by atoms with Crippen molar-refractivity contribution in [1.29, 1.82) is 0 Å². The van der Waals surface area contributed by atoms with E-state index in [1.807, 2.05) is 18.2 Å². The minimum absolute atomic E-state index is 0.457. The first kappa shape index (κ1) is 18.1. The molecule has 0 aliphatic carbocycles. The molecule has 0 fully saturated rings. The molecule has 0 saturated carbocycles. The van der Waals surface area contributed by atoms with Gasteiger partial charge in [-0.05, 0) is 42.5 Å². The van der Waals surface area contributed by atoms with Crippen molar-refractivity contribution >= 4 is 6.16 Å². The average molecular weight is 326 g/mol. The Labute approximate surface area is 144 Å². The van der Waals surface area contributed by atoms with Crippen LogP contribution in [0.15, 0.2) is 42.5 Å². The van der Waals surface area contributed by atoms with Crippen LogP contribution in [0.4, 0.5) is 4.79 Å². The van der Waals surface area contributed by atoms with Crippen molar-refractivity contribution in [3.63, 3.8) is 0 Å². The third-order valence-electron chi connectivity index (χ3n) is 4.30. The smallest absolute Gasteiger partial charge is 0.449 e. The van der Waals surface area contributed by atoms with Gasteiger partial charge in [-0.2, -0.15) is 0 Å². The second-order valence-electron chi connectivity index (χ2n) is 6.13. The van der Waals surface area contributed by atoms with E-state index in [4.69, 9.17) is 9.84 Å². The van der Waals surface area contributed by atoms with Gasteiger partial charge < -0.3 is 9.84 Å². The Morgan fingerprint density at radius 2 is 1.67 bits per heavy atom. The van der Waals surface area contributed by atoms with Gasteiger partial charge in [0.2, 0.25) is 0 Å². The molecule has 2 aromatic rings. The summed E-state index contributed by atoms with van der Waals surface area (Å²) in [6.07, 6.45) is 5.45. The minimum atomic E-state index is -1.26. The number of ether oxygens (including phenoxy) is 1. The molecule has 1 N–H and O–H groups in total. The maximum absolute atomic E-state index is 11.0. The molecule has 2 aromatic carbocycles. The highest BCUT2D eigenvalue weighted by atomic mass is 16.7. The molecule has 0 unspecified atom stereocenters. The summed E-state index contributed by atoms with van der Waals surface area (Å²) >= 11 is 0. The van der Waals surface area contributed by atoms with Crippen LogP contribution in [0.5, 0.6) is 5.75 Å². The fourth-order valence-electron chi connectivity index (χ4n) is 3.05. The summed E-state index contributed by atoms with van der Waals surface area (Å²) in [4.78, 5) is 11.0. The van der Waals surface area contributed by atoms with Crippen LogP contribution in [0, 0.1) is 6.92 Å². The van der Waals surface area contributed by atoms with Gasteiger partial charge >= 0.3 is 6.16 Å². The van der Waals surface area contributed by atoms with E-state index < -0.39 is 6.16 Å². The predicted molar refractivity (Wildman–Crippen MR) is 97.7 cm³/mol. The lowest BCUT2D eigenvalue weighted by Gasteiger charge is -2.15. The van der Waals surface area contributed by atoms with Gasteiger partial charge in [0.15, 0.2) is 0 Å². The number of aryl methyl sites for hydroxylation is 1. The molecule has 3 heteroatoms. The molecule has 0 heterocycles. The standard InChI is InChI=1S/C21H26O3/c1-3-4-5-6-7-13-19-18(17-12-9-8-11-16(17)2)14-10-15-20(19)24-21(22)23/h8-12,14-15H,3-7,13H2,1-2H3,(H,22,23). The molecule has 0 aromatic heterocycles. The van der Waals surface area contributed by atoms with E-state index in [0.717, 1.165) is 36.0 Å². The Morgan fingerprint density at radius 3 is 2.38 bits per heavy atom. The van der Waals surface area contributed by atoms with Gasteiger partial charge in [-0.15, -0.1) is 0 Å². The highest BCUT2D eigenvalue weighted by Crippen LogP contribution is 2.34. The van der Waals surface area contributed by atoms with Crippen LogP contribution < -0.4 is 4.74 Å². The van der Waals surface area contributed by atoms with E-state index in [9.17, 15) is 4.79 Å². The molecule has 24 heavy (non-hydrogen) atoms. The van der Waals surface area contributed by atoms with Gasteiger partial charge in [-0.3, -0.25) is 0 Å². The van der Waals surface area contributed by atoms with Gasteiger partial charge in [0.25, 0.3) is 0 Å². The fraction of sp³-hybridized carbons (Fsp3) is 0.381. The maximum atomic E-state index is 11.0. The molecular weight excluding hydrogens is 300 g/mol. The van der Waals surface area contributed by atoms with Crippen LogP contribution in [0.1, 0.15) is 50.2 Å². The van der Waals surface area contributed by atoms with Gasteiger partial charge in [-0.25, -0.2) is 4.79 Å². The van der Waals surface area contributed by atoms with Crippen molar-refractivity contribution in [3.8, 4) is 16.9 Å². The van der Waals surface area contributed by atoms with Crippen LogP contribution in [-0.4, -0.2) is 11.3 Å². The summed E-state index contributed by atoms with van der Waals surface area (Å²) in [6.45, 7) is 4.28. The quantitative estimate of drug-likeness (QED) is 0.355. The fourth-order valence-corrected chi connectivity index (χ4v) is 3.05. The number of hydrogen-bond acceptors (Lipinski definition) is 2. The first-order valence-corrected chi connectivity index (χ1v) is 8.72. The molecule has 0 amide bonds. The average Bonchev–Trinajstić information content (AvgIpc) is 2.56. The van der Waals surface area contributed by atoms with Crippen molar-refractivity contribution in [2.45, 2.75) is 52.4 Å². The lowest BCUT2D eigenvalue weighted by molar-refractivity contribution is 0.144. The molecule has 0 aliphatic rings. The Kier molecular flexibility index (Phi) is 6.86. The third-order valence-corrected chi connectivity index (χ3v) is 4.30. The van der Waals surface area contributed by atoms with E-state index in [1.165, 1.54) is 24.8 Å². The summed E-state index contributed by atoms with van der Waals surface area (Å²) < 4.78 is 5.04. The first-order chi connectivity index (χ1) is 11.6. The second-order valence-corrected chi connectivity index (χ2v) is 6.13. The SMILES string of the molecule is CCCCCCCc1c(OC(=O)O)cccc1-c1ccccc1C. The highest BCUT2D eigenvalue weighted by Gasteiger charge is 2.14. The van der Waals surface area contributed by atoms with Crippen LogP contribution in [0.3, 0.4) is 0 Å². The highest BCUT2D eigenvalue weighted by molar-refractivity contribution is 5.74. The zero-order valence-electron chi connectivity index (χ0n) is 14.5. The zero-order valence-corrected chi connectivity index (χ0v) is 14.5. The van der Waals surface area contributed by atoms with Gasteiger partial charge in [0, 0.05) is 5.56 Å². The maximum Gasteiger partial charge on any atom is 0.511 e. The number of carboxylic acid groups (broad SMARTS) is 1. The topological polar surface area (TPSA) is 46.5 Å². The number of benzene rings is 2. The third kappa shape index (κ3) is 4.85. The minimum Gasteiger partial charge on any atom is -0.449 e. The molecule has 0 spiro atoms. The Bertz CT molecular complexity index is 677. The van der Waals surface area contributed by atoms with Gasteiger partial charge in [0.05, 0.1) is 0 Å². The summed E-state index contributed by atoms with van der Waals surface area (Å²) in [5, 5.41) is 9.03. The number of unbranched alkanes of at least 4 members (excludes halogenated alkanes) is 4. The summed E-state index contributed by atoms with van der Waals surface area (Å²) in [7, 11) is 0. The molecule has 2 rings (SSSR count). The molecule has 0 aliphatic heterocycles. The molecule has 0 atom stereocenters. The van der Waals surface area contributed by atoms with Crippen molar-refractivity contribution < 1.29 is 14.6 Å². The van der Waals surface area contributed by atoms with Gasteiger partial charge in [0.1, 0.15) is 5.75 Å². The monoisotopic (exact) mass is 326 g/mol. The molecule has 128 valence electrons. The van der Waals surface area contributed by atoms with E-state index in [2.05, 4.69) is 32.0 Å². The van der Waals surface area contributed by atoms with Crippen LogP contribution in [0.2, 0.25) is 0 Å². The molecule has 0 bridgehead atoms. The number of carbonyl (C=O) groups is 1. The summed E-state index contributed by atoms with van der Waals surface area (Å²) in [5.74, 6) is 0.457.